The highest BCUT2D eigenvalue weighted by molar-refractivity contribution is 5.77. The van der Waals surface area contributed by atoms with Crippen LogP contribution in [0.3, 0.4) is 0 Å². The summed E-state index contributed by atoms with van der Waals surface area (Å²) in [5.74, 6) is -0.153. The predicted octanol–water partition coefficient (Wildman–Crippen LogP) is 3.79. The molecular formula is C22H28N4O4. The van der Waals surface area contributed by atoms with Gasteiger partial charge in [-0.2, -0.15) is 0 Å². The number of hydrogen-bond acceptors (Lipinski definition) is 7. The Balaban J connectivity index is 1.69. The molecule has 3 rings (SSSR count). The van der Waals surface area contributed by atoms with Crippen LogP contribution in [0.25, 0.3) is 0 Å². The van der Waals surface area contributed by atoms with E-state index in [2.05, 4.69) is 15.3 Å². The Morgan fingerprint density at radius 1 is 1.20 bits per heavy atom. The van der Waals surface area contributed by atoms with Crippen LogP contribution in [0.1, 0.15) is 50.4 Å². The number of rotatable bonds is 4. The molecule has 1 amide bonds. The van der Waals surface area contributed by atoms with Crippen molar-refractivity contribution in [2.24, 2.45) is 0 Å². The molecular weight excluding hydrogens is 384 g/mol. The van der Waals surface area contributed by atoms with Gasteiger partial charge in [-0.3, -0.25) is 4.79 Å². The third kappa shape index (κ3) is 5.25. The summed E-state index contributed by atoms with van der Waals surface area (Å²) in [6.07, 6.45) is 2.15. The Hall–Kier alpha value is -3.16. The molecule has 1 aliphatic heterocycles. The third-order valence-electron chi connectivity index (χ3n) is 4.82. The van der Waals surface area contributed by atoms with Crippen LogP contribution < -0.4 is 5.32 Å². The van der Waals surface area contributed by atoms with Crippen molar-refractivity contribution in [3.8, 4) is 0 Å². The van der Waals surface area contributed by atoms with Gasteiger partial charge >= 0.3 is 12.1 Å². The van der Waals surface area contributed by atoms with E-state index in [0.29, 0.717) is 25.5 Å². The van der Waals surface area contributed by atoms with Crippen LogP contribution in [0.5, 0.6) is 0 Å². The first kappa shape index (κ1) is 21.5. The zero-order chi connectivity index (χ0) is 21.9. The number of fused-ring (bicyclic) bond motifs is 1. The summed E-state index contributed by atoms with van der Waals surface area (Å²) in [5.41, 5.74) is 2.97. The number of ether oxygens (including phenoxy) is 2. The van der Waals surface area contributed by atoms with Crippen molar-refractivity contribution in [2.75, 3.05) is 19.0 Å². The highest BCUT2D eigenvalue weighted by atomic mass is 16.6. The van der Waals surface area contributed by atoms with E-state index in [0.717, 1.165) is 22.5 Å². The monoisotopic (exact) mass is 412 g/mol. The minimum absolute atomic E-state index is 0.275. The van der Waals surface area contributed by atoms with Crippen LogP contribution in [0.15, 0.2) is 30.5 Å². The van der Waals surface area contributed by atoms with E-state index in [1.54, 1.807) is 18.0 Å². The Morgan fingerprint density at radius 3 is 2.53 bits per heavy atom. The lowest BCUT2D eigenvalue weighted by molar-refractivity contribution is -0.142. The lowest BCUT2D eigenvalue weighted by Crippen LogP contribution is -2.40. The quantitative estimate of drug-likeness (QED) is 0.764. The van der Waals surface area contributed by atoms with Gasteiger partial charge in [-0.25, -0.2) is 14.8 Å². The minimum Gasteiger partial charge on any atom is -0.469 e. The number of hydrogen-bond donors (Lipinski definition) is 1. The molecule has 2 aromatic rings. The molecule has 160 valence electrons. The average molecular weight is 412 g/mol. The molecule has 8 heteroatoms. The van der Waals surface area contributed by atoms with E-state index in [4.69, 9.17) is 9.47 Å². The maximum Gasteiger partial charge on any atom is 0.410 e. The topological polar surface area (TPSA) is 93.6 Å². The van der Waals surface area contributed by atoms with Gasteiger partial charge in [-0.1, -0.05) is 12.1 Å². The molecule has 0 bridgehead atoms. The number of esters is 1. The highest BCUT2D eigenvalue weighted by Gasteiger charge is 2.26. The Bertz CT molecular complexity index is 922. The van der Waals surface area contributed by atoms with E-state index in [-0.39, 0.29) is 18.0 Å². The first-order chi connectivity index (χ1) is 14.2. The molecule has 0 saturated carbocycles. The Labute approximate surface area is 176 Å². The molecule has 30 heavy (non-hydrogen) atoms. The summed E-state index contributed by atoms with van der Waals surface area (Å²) in [4.78, 5) is 34.7. The average Bonchev–Trinajstić information content (AvgIpc) is 2.71. The van der Waals surface area contributed by atoms with Crippen LogP contribution in [0.4, 0.5) is 16.4 Å². The standard InChI is InChI=1S/C22H28N4O4/c1-14(19(27)29-5)15-6-8-17(9-7-15)24-20-23-12-16-10-11-26(13-18(16)25-20)21(28)30-22(2,3)4/h6-9,12,14H,10-11,13H2,1-5H3,(H,23,24,25). The first-order valence-corrected chi connectivity index (χ1v) is 9.94. The van der Waals surface area contributed by atoms with Crippen molar-refractivity contribution in [1.29, 1.82) is 0 Å². The Morgan fingerprint density at radius 2 is 1.90 bits per heavy atom. The number of carbonyl (C=O) groups is 2. The molecule has 1 aromatic heterocycles. The molecule has 0 saturated heterocycles. The van der Waals surface area contributed by atoms with Gasteiger partial charge in [0, 0.05) is 18.4 Å². The van der Waals surface area contributed by atoms with Gasteiger partial charge in [0.1, 0.15) is 5.60 Å². The number of aromatic nitrogens is 2. The van der Waals surface area contributed by atoms with Crippen molar-refractivity contribution >= 4 is 23.7 Å². The van der Waals surface area contributed by atoms with Gasteiger partial charge in [0.05, 0.1) is 25.3 Å². The molecule has 1 unspecified atom stereocenters. The maximum absolute atomic E-state index is 12.4. The molecule has 1 aliphatic rings. The highest BCUT2D eigenvalue weighted by Crippen LogP contribution is 2.23. The SMILES string of the molecule is COC(=O)C(C)c1ccc(Nc2ncc3c(n2)CN(C(=O)OC(C)(C)C)CC3)cc1. The number of anilines is 2. The largest absolute Gasteiger partial charge is 0.469 e. The van der Waals surface area contributed by atoms with Crippen LogP contribution in [-0.2, 0) is 27.2 Å². The van der Waals surface area contributed by atoms with Gasteiger partial charge in [0.25, 0.3) is 0 Å². The van der Waals surface area contributed by atoms with Gasteiger partial charge in [-0.15, -0.1) is 0 Å². The molecule has 2 heterocycles. The number of nitrogens with zero attached hydrogens (tertiary/aromatic N) is 3. The molecule has 0 spiro atoms. The summed E-state index contributed by atoms with van der Waals surface area (Å²) in [6.45, 7) is 8.32. The molecule has 0 aliphatic carbocycles. The predicted molar refractivity (Wildman–Crippen MR) is 113 cm³/mol. The minimum atomic E-state index is -0.534. The molecule has 8 nitrogen and oxygen atoms in total. The van der Waals surface area contributed by atoms with E-state index < -0.39 is 5.60 Å². The summed E-state index contributed by atoms with van der Waals surface area (Å²) in [6, 6.07) is 7.47. The molecule has 0 fully saturated rings. The van der Waals surface area contributed by atoms with E-state index in [1.165, 1.54) is 7.11 Å². The smallest absolute Gasteiger partial charge is 0.410 e. The number of methoxy groups -OCH3 is 1. The van der Waals surface area contributed by atoms with Crippen LogP contribution >= 0.6 is 0 Å². The lowest BCUT2D eigenvalue weighted by atomic mass is 10.0. The fraction of sp³-hybridized carbons (Fsp3) is 0.455. The van der Waals surface area contributed by atoms with Crippen LogP contribution in [0.2, 0.25) is 0 Å². The van der Waals surface area contributed by atoms with E-state index >= 15 is 0 Å². The van der Waals surface area contributed by atoms with Gasteiger partial charge in [-0.05, 0) is 57.4 Å². The molecule has 0 radical (unpaired) electrons. The molecule has 1 aromatic carbocycles. The van der Waals surface area contributed by atoms with Gasteiger partial charge in [0.15, 0.2) is 0 Å². The zero-order valence-corrected chi connectivity index (χ0v) is 18.1. The number of carbonyl (C=O) groups excluding carboxylic acids is 2. The molecule has 1 N–H and O–H groups in total. The summed E-state index contributed by atoms with van der Waals surface area (Å²) < 4.78 is 10.3. The number of amides is 1. The van der Waals surface area contributed by atoms with Crippen molar-refractivity contribution in [2.45, 2.75) is 52.2 Å². The second-order valence-electron chi connectivity index (χ2n) is 8.31. The number of benzene rings is 1. The van der Waals surface area contributed by atoms with Crippen molar-refractivity contribution in [3.63, 3.8) is 0 Å². The van der Waals surface area contributed by atoms with Crippen molar-refractivity contribution in [1.82, 2.24) is 14.9 Å². The molecule has 1 atom stereocenters. The first-order valence-electron chi connectivity index (χ1n) is 9.94. The fourth-order valence-corrected chi connectivity index (χ4v) is 3.14. The van der Waals surface area contributed by atoms with Crippen LogP contribution in [0, 0.1) is 0 Å². The summed E-state index contributed by atoms with van der Waals surface area (Å²) in [5, 5.41) is 3.17. The maximum atomic E-state index is 12.4. The normalized spacial score (nSPS) is 14.5. The van der Waals surface area contributed by atoms with Crippen molar-refractivity contribution in [3.05, 3.63) is 47.3 Å². The van der Waals surface area contributed by atoms with E-state index in [1.807, 2.05) is 45.0 Å². The lowest BCUT2D eigenvalue weighted by Gasteiger charge is -2.30. The van der Waals surface area contributed by atoms with E-state index in [9.17, 15) is 9.59 Å². The van der Waals surface area contributed by atoms with Gasteiger partial charge < -0.3 is 19.7 Å². The van der Waals surface area contributed by atoms with Gasteiger partial charge in [0.2, 0.25) is 5.95 Å². The number of nitrogens with one attached hydrogen (secondary N) is 1. The Kier molecular flexibility index (Phi) is 6.24. The third-order valence-corrected chi connectivity index (χ3v) is 4.82. The fourth-order valence-electron chi connectivity index (χ4n) is 3.14. The second kappa shape index (κ2) is 8.69. The second-order valence-corrected chi connectivity index (χ2v) is 8.31. The zero-order valence-electron chi connectivity index (χ0n) is 18.1. The van der Waals surface area contributed by atoms with Crippen molar-refractivity contribution < 1.29 is 19.1 Å². The van der Waals surface area contributed by atoms with Crippen LogP contribution in [-0.4, -0.2) is 46.2 Å². The summed E-state index contributed by atoms with van der Waals surface area (Å²) >= 11 is 0. The summed E-state index contributed by atoms with van der Waals surface area (Å²) in [7, 11) is 1.38.